The van der Waals surface area contributed by atoms with Gasteiger partial charge in [0.25, 0.3) is 0 Å². The fourth-order valence-corrected chi connectivity index (χ4v) is 5.49. The molecular formula is C21H28O5. The number of carbonyl (C=O) groups excluding carboxylic acids is 2. The van der Waals surface area contributed by atoms with Crippen LogP contribution in [0.1, 0.15) is 46.0 Å². The van der Waals surface area contributed by atoms with Crippen molar-refractivity contribution in [1.29, 1.82) is 0 Å². The maximum atomic E-state index is 12.6. The van der Waals surface area contributed by atoms with E-state index in [2.05, 4.69) is 13.5 Å². The molecule has 5 heteroatoms. The van der Waals surface area contributed by atoms with Crippen LogP contribution in [0.3, 0.4) is 0 Å². The Kier molecular flexibility index (Phi) is 4.86. The minimum Gasteiger partial charge on any atom is -0.469 e. The molecule has 3 aliphatic rings. The molecule has 0 aromatic carbocycles. The highest BCUT2D eigenvalue weighted by molar-refractivity contribution is 5.94. The molecule has 1 aliphatic heterocycles. The maximum Gasteiger partial charge on any atom is 0.342 e. The van der Waals surface area contributed by atoms with E-state index in [9.17, 15) is 14.7 Å². The van der Waals surface area contributed by atoms with E-state index in [0.717, 1.165) is 24.8 Å². The van der Waals surface area contributed by atoms with Crippen molar-refractivity contribution in [1.82, 2.24) is 0 Å². The van der Waals surface area contributed by atoms with Crippen molar-refractivity contribution >= 4 is 11.9 Å². The molecule has 2 saturated carbocycles. The number of methoxy groups -OCH3 is 1. The van der Waals surface area contributed by atoms with Crippen molar-refractivity contribution in [2.45, 2.75) is 52.1 Å². The van der Waals surface area contributed by atoms with Crippen LogP contribution < -0.4 is 0 Å². The lowest BCUT2D eigenvalue weighted by Gasteiger charge is -2.58. The number of cyclic esters (lactones) is 1. The minimum atomic E-state index is -0.917. The largest absolute Gasteiger partial charge is 0.469 e. The van der Waals surface area contributed by atoms with Gasteiger partial charge in [0.1, 0.15) is 0 Å². The Hall–Kier alpha value is -1.88. The molecule has 0 saturated heterocycles. The highest BCUT2D eigenvalue weighted by atomic mass is 16.5. The first kappa shape index (κ1) is 18.9. The smallest absolute Gasteiger partial charge is 0.342 e. The summed E-state index contributed by atoms with van der Waals surface area (Å²) in [4.78, 5) is 24.3. The molecule has 0 aromatic heterocycles. The molecule has 26 heavy (non-hydrogen) atoms. The first-order chi connectivity index (χ1) is 12.2. The van der Waals surface area contributed by atoms with Gasteiger partial charge in [-0.15, -0.1) is 0 Å². The molecule has 0 amide bonds. The van der Waals surface area contributed by atoms with Crippen molar-refractivity contribution in [2.75, 3.05) is 7.11 Å². The third-order valence-electron chi connectivity index (χ3n) is 7.07. The Morgan fingerprint density at radius 3 is 2.81 bits per heavy atom. The summed E-state index contributed by atoms with van der Waals surface area (Å²) in [5.74, 6) is -0.516. The summed E-state index contributed by atoms with van der Waals surface area (Å²) in [6.07, 6.45) is 7.96. The van der Waals surface area contributed by atoms with Gasteiger partial charge >= 0.3 is 11.9 Å². The van der Waals surface area contributed by atoms with Crippen LogP contribution >= 0.6 is 0 Å². The number of ether oxygens (including phenoxy) is 2. The number of aliphatic hydroxyl groups is 1. The van der Waals surface area contributed by atoms with Crippen LogP contribution in [0.5, 0.6) is 0 Å². The molecule has 2 aliphatic carbocycles. The second kappa shape index (κ2) is 6.69. The maximum absolute atomic E-state index is 12.6. The zero-order valence-corrected chi connectivity index (χ0v) is 15.8. The van der Waals surface area contributed by atoms with Crippen molar-refractivity contribution in [2.24, 2.45) is 22.7 Å². The SMILES string of the molecule is C=C1CC[C@H]2[C@@](C)(CC[C@@H](O)[C@@]2(C)C(=O)OC)[C@@H]1C/C=C1\C=COC1=O. The molecule has 2 fully saturated rings. The molecule has 5 atom stereocenters. The van der Waals surface area contributed by atoms with Crippen LogP contribution in [-0.2, 0) is 19.1 Å². The summed E-state index contributed by atoms with van der Waals surface area (Å²) in [7, 11) is 1.38. The minimum absolute atomic E-state index is 0.00571. The van der Waals surface area contributed by atoms with Gasteiger partial charge in [-0.2, -0.15) is 0 Å². The van der Waals surface area contributed by atoms with E-state index >= 15 is 0 Å². The standard InChI is InChI=1S/C21H28O5/c1-13-5-8-16-20(2,11-9-17(22)21(16,3)19(24)25-4)15(13)7-6-14-10-12-26-18(14)23/h6,10,12,15-17,22H,1,5,7-9,11H2,2-4H3/b14-6+/t15-,16+,17-,20+,21+/m1/s1. The van der Waals surface area contributed by atoms with Gasteiger partial charge in [0.05, 0.1) is 30.5 Å². The van der Waals surface area contributed by atoms with Gasteiger partial charge < -0.3 is 14.6 Å². The fraction of sp³-hybridized carbons (Fsp3) is 0.619. The quantitative estimate of drug-likeness (QED) is 0.475. The van der Waals surface area contributed by atoms with Gasteiger partial charge in [0, 0.05) is 0 Å². The predicted octanol–water partition coefficient (Wildman–Crippen LogP) is 3.30. The Labute approximate surface area is 154 Å². The highest BCUT2D eigenvalue weighted by Crippen LogP contribution is 2.62. The average Bonchev–Trinajstić information content (AvgIpc) is 3.02. The summed E-state index contributed by atoms with van der Waals surface area (Å²) in [5, 5.41) is 10.7. The molecule has 1 heterocycles. The van der Waals surface area contributed by atoms with Crippen LogP contribution in [0, 0.1) is 22.7 Å². The van der Waals surface area contributed by atoms with Crippen molar-refractivity contribution in [3.8, 4) is 0 Å². The van der Waals surface area contributed by atoms with Crippen LogP contribution in [0.25, 0.3) is 0 Å². The Morgan fingerprint density at radius 2 is 2.19 bits per heavy atom. The molecule has 0 unspecified atom stereocenters. The molecular weight excluding hydrogens is 332 g/mol. The Balaban J connectivity index is 1.94. The number of esters is 2. The average molecular weight is 360 g/mol. The van der Waals surface area contributed by atoms with Crippen molar-refractivity contribution in [3.05, 3.63) is 36.1 Å². The Morgan fingerprint density at radius 1 is 1.46 bits per heavy atom. The zero-order valence-electron chi connectivity index (χ0n) is 15.8. The van der Waals surface area contributed by atoms with Gasteiger partial charge in [-0.25, -0.2) is 4.79 Å². The van der Waals surface area contributed by atoms with Crippen LogP contribution in [0.4, 0.5) is 0 Å². The summed E-state index contributed by atoms with van der Waals surface area (Å²) in [6.45, 7) is 8.32. The number of hydrogen-bond acceptors (Lipinski definition) is 5. The van der Waals surface area contributed by atoms with Gasteiger partial charge in [-0.1, -0.05) is 25.2 Å². The number of fused-ring (bicyclic) bond motifs is 1. The molecule has 5 nitrogen and oxygen atoms in total. The molecule has 0 bridgehead atoms. The summed E-state index contributed by atoms with van der Waals surface area (Å²) in [5.41, 5.74) is 0.621. The Bertz CT molecular complexity index is 691. The van der Waals surface area contributed by atoms with E-state index in [0.29, 0.717) is 18.4 Å². The predicted molar refractivity (Wildman–Crippen MR) is 96.8 cm³/mol. The van der Waals surface area contributed by atoms with E-state index in [4.69, 9.17) is 9.47 Å². The summed E-state index contributed by atoms with van der Waals surface area (Å²) < 4.78 is 9.92. The van der Waals surface area contributed by atoms with Crippen LogP contribution in [0.15, 0.2) is 36.1 Å². The number of allylic oxidation sites excluding steroid dienone is 2. The molecule has 3 rings (SSSR count). The normalized spacial score (nSPS) is 41.1. The first-order valence-corrected chi connectivity index (χ1v) is 9.27. The lowest BCUT2D eigenvalue weighted by molar-refractivity contribution is -0.186. The van der Waals surface area contributed by atoms with Crippen molar-refractivity contribution in [3.63, 3.8) is 0 Å². The summed E-state index contributed by atoms with van der Waals surface area (Å²) in [6, 6.07) is 0. The van der Waals surface area contributed by atoms with Gasteiger partial charge in [0.15, 0.2) is 0 Å². The number of hydrogen-bond donors (Lipinski definition) is 1. The van der Waals surface area contributed by atoms with Crippen LogP contribution in [-0.4, -0.2) is 30.3 Å². The molecule has 142 valence electrons. The van der Waals surface area contributed by atoms with E-state index < -0.39 is 11.5 Å². The highest BCUT2D eigenvalue weighted by Gasteiger charge is 2.61. The van der Waals surface area contributed by atoms with Gasteiger partial charge in [0.2, 0.25) is 0 Å². The molecule has 1 N–H and O–H groups in total. The zero-order chi connectivity index (χ0) is 19.1. The fourth-order valence-electron chi connectivity index (χ4n) is 5.49. The number of aliphatic hydroxyl groups excluding tert-OH is 1. The van der Waals surface area contributed by atoms with E-state index in [-0.39, 0.29) is 29.2 Å². The lowest BCUT2D eigenvalue weighted by Crippen LogP contribution is -2.59. The molecule has 0 aromatic rings. The van der Waals surface area contributed by atoms with Gasteiger partial charge in [-0.05, 0) is 62.4 Å². The second-order valence-corrected chi connectivity index (χ2v) is 8.24. The number of rotatable bonds is 3. The van der Waals surface area contributed by atoms with Crippen LogP contribution in [0.2, 0.25) is 0 Å². The monoisotopic (exact) mass is 360 g/mol. The van der Waals surface area contributed by atoms with Gasteiger partial charge in [-0.3, -0.25) is 4.79 Å². The van der Waals surface area contributed by atoms with E-state index in [1.165, 1.54) is 13.4 Å². The third kappa shape index (κ3) is 2.73. The first-order valence-electron chi connectivity index (χ1n) is 9.27. The summed E-state index contributed by atoms with van der Waals surface area (Å²) >= 11 is 0. The topological polar surface area (TPSA) is 72.8 Å². The molecule has 0 spiro atoms. The number of carbonyl (C=O) groups is 2. The van der Waals surface area contributed by atoms with E-state index in [1.807, 2.05) is 13.0 Å². The van der Waals surface area contributed by atoms with E-state index in [1.54, 1.807) is 6.08 Å². The molecule has 0 radical (unpaired) electrons. The second-order valence-electron chi connectivity index (χ2n) is 8.24. The van der Waals surface area contributed by atoms with Crippen molar-refractivity contribution < 1.29 is 24.2 Å². The lowest BCUT2D eigenvalue weighted by atomic mass is 9.46. The third-order valence-corrected chi connectivity index (χ3v) is 7.07.